The van der Waals surface area contributed by atoms with Crippen LogP contribution >= 0.6 is 0 Å². The van der Waals surface area contributed by atoms with Crippen molar-refractivity contribution in [3.8, 4) is 0 Å². The number of sulfone groups is 1. The summed E-state index contributed by atoms with van der Waals surface area (Å²) in [5.74, 6) is -1.40. The molecule has 0 aliphatic carbocycles. The molecule has 0 fully saturated rings. The standard InChI is InChI=1S/C15H23FN2O5S/c1-5-8-23-17-14(20)15(3,24(4,21)22)6-7-18-10-12(16)11(2)9-13(18)19/h9-10H,5-8H2,1-4H3,(H,17,20)/t15-/m1/s1. The number of aryl methyl sites for hydroxylation is 2. The zero-order chi connectivity index (χ0) is 18.5. The van der Waals surface area contributed by atoms with Crippen LogP contribution in [0.25, 0.3) is 0 Å². The summed E-state index contributed by atoms with van der Waals surface area (Å²) in [4.78, 5) is 29.0. The Hall–Kier alpha value is -1.74. The maximum absolute atomic E-state index is 13.6. The van der Waals surface area contributed by atoms with E-state index in [1.54, 1.807) is 0 Å². The molecule has 0 saturated heterocycles. The number of pyridine rings is 1. The van der Waals surface area contributed by atoms with Gasteiger partial charge in [0, 0.05) is 25.1 Å². The zero-order valence-electron chi connectivity index (χ0n) is 14.3. The van der Waals surface area contributed by atoms with E-state index >= 15 is 0 Å². The highest BCUT2D eigenvalue weighted by atomic mass is 32.2. The first-order chi connectivity index (χ1) is 11.0. The largest absolute Gasteiger partial charge is 0.313 e. The lowest BCUT2D eigenvalue weighted by molar-refractivity contribution is -0.136. The number of aromatic nitrogens is 1. The first-order valence-electron chi connectivity index (χ1n) is 7.51. The summed E-state index contributed by atoms with van der Waals surface area (Å²) >= 11 is 0. The molecule has 1 amide bonds. The van der Waals surface area contributed by atoms with Crippen LogP contribution in [0.1, 0.15) is 32.3 Å². The van der Waals surface area contributed by atoms with Crippen LogP contribution in [0.5, 0.6) is 0 Å². The molecular weight excluding hydrogens is 339 g/mol. The minimum absolute atomic E-state index is 0.124. The molecule has 0 spiro atoms. The highest BCUT2D eigenvalue weighted by Gasteiger charge is 2.43. The van der Waals surface area contributed by atoms with Crippen LogP contribution < -0.4 is 11.0 Å². The van der Waals surface area contributed by atoms with Crippen molar-refractivity contribution in [2.75, 3.05) is 12.9 Å². The molecule has 0 aliphatic heterocycles. The van der Waals surface area contributed by atoms with Gasteiger partial charge < -0.3 is 4.57 Å². The topological polar surface area (TPSA) is 94.5 Å². The van der Waals surface area contributed by atoms with Gasteiger partial charge in [-0.3, -0.25) is 14.4 Å². The number of carbonyl (C=O) groups excluding carboxylic acids is 1. The maximum atomic E-state index is 13.6. The van der Waals surface area contributed by atoms with E-state index in [1.165, 1.54) is 13.8 Å². The van der Waals surface area contributed by atoms with Gasteiger partial charge in [0.2, 0.25) is 0 Å². The van der Waals surface area contributed by atoms with Gasteiger partial charge in [0.25, 0.3) is 11.5 Å². The van der Waals surface area contributed by atoms with Crippen LogP contribution in [0, 0.1) is 12.7 Å². The Morgan fingerprint density at radius 1 is 1.46 bits per heavy atom. The minimum Gasteiger partial charge on any atom is -0.313 e. The Balaban J connectivity index is 3.02. The number of halogens is 1. The van der Waals surface area contributed by atoms with Gasteiger partial charge in [-0.05, 0) is 32.3 Å². The van der Waals surface area contributed by atoms with Crippen LogP contribution in [-0.4, -0.2) is 36.5 Å². The fraction of sp³-hybridized carbons (Fsp3) is 0.600. The molecule has 1 N–H and O–H groups in total. The molecule has 0 bridgehead atoms. The van der Waals surface area contributed by atoms with Crippen molar-refractivity contribution in [2.24, 2.45) is 0 Å². The Morgan fingerprint density at radius 2 is 2.08 bits per heavy atom. The molecule has 9 heteroatoms. The van der Waals surface area contributed by atoms with Gasteiger partial charge in [0.15, 0.2) is 14.6 Å². The average Bonchev–Trinajstić information content (AvgIpc) is 2.48. The summed E-state index contributed by atoms with van der Waals surface area (Å²) in [5.41, 5.74) is 1.86. The van der Waals surface area contributed by atoms with E-state index in [4.69, 9.17) is 4.84 Å². The Bertz CT molecular complexity index is 760. The van der Waals surface area contributed by atoms with Crippen LogP contribution in [0.15, 0.2) is 17.1 Å². The minimum atomic E-state index is -3.80. The van der Waals surface area contributed by atoms with Crippen molar-refractivity contribution < 1.29 is 22.4 Å². The Morgan fingerprint density at radius 3 is 2.62 bits per heavy atom. The number of hydrogen-bond donors (Lipinski definition) is 1. The van der Waals surface area contributed by atoms with Crippen molar-refractivity contribution >= 4 is 15.7 Å². The van der Waals surface area contributed by atoms with Crippen molar-refractivity contribution in [3.05, 3.63) is 34.0 Å². The molecule has 0 aromatic carbocycles. The van der Waals surface area contributed by atoms with Crippen LogP contribution in [0.4, 0.5) is 4.39 Å². The van der Waals surface area contributed by atoms with E-state index in [1.807, 2.05) is 6.92 Å². The smallest absolute Gasteiger partial charge is 0.264 e. The van der Waals surface area contributed by atoms with Gasteiger partial charge in [-0.1, -0.05) is 6.92 Å². The van der Waals surface area contributed by atoms with Crippen LogP contribution in [-0.2, 0) is 26.0 Å². The number of carbonyl (C=O) groups is 1. The lowest BCUT2D eigenvalue weighted by Gasteiger charge is -2.26. The monoisotopic (exact) mass is 362 g/mol. The molecule has 1 heterocycles. The molecular formula is C15H23FN2O5S. The molecule has 24 heavy (non-hydrogen) atoms. The average molecular weight is 362 g/mol. The second-order valence-corrected chi connectivity index (χ2v) is 8.31. The van der Waals surface area contributed by atoms with Crippen molar-refractivity contribution in [2.45, 2.75) is 44.9 Å². The summed E-state index contributed by atoms with van der Waals surface area (Å²) < 4.78 is 37.0. The highest BCUT2D eigenvalue weighted by molar-refractivity contribution is 7.92. The molecule has 0 unspecified atom stereocenters. The van der Waals surface area contributed by atoms with Gasteiger partial charge >= 0.3 is 0 Å². The number of hydroxylamine groups is 1. The SMILES string of the molecule is CCCONC(=O)[C@@](C)(CCn1cc(F)c(C)cc1=O)S(C)(=O)=O. The molecule has 7 nitrogen and oxygen atoms in total. The predicted octanol–water partition coefficient (Wildman–Crippen LogP) is 0.947. The predicted molar refractivity (Wildman–Crippen MR) is 87.6 cm³/mol. The fourth-order valence-electron chi connectivity index (χ4n) is 1.94. The summed E-state index contributed by atoms with van der Waals surface area (Å²) in [6.45, 7) is 4.66. The number of nitrogens with one attached hydrogen (secondary N) is 1. The third-order valence-electron chi connectivity index (χ3n) is 3.87. The number of nitrogens with zero attached hydrogens (tertiary/aromatic N) is 1. The molecule has 1 aromatic rings. The quantitative estimate of drug-likeness (QED) is 0.549. The zero-order valence-corrected chi connectivity index (χ0v) is 15.1. The molecule has 1 aromatic heterocycles. The summed E-state index contributed by atoms with van der Waals surface area (Å²) in [7, 11) is -3.80. The highest BCUT2D eigenvalue weighted by Crippen LogP contribution is 2.22. The normalized spacial score (nSPS) is 14.2. The second kappa shape index (κ2) is 7.89. The van der Waals surface area contributed by atoms with Gasteiger partial charge in [-0.15, -0.1) is 0 Å². The summed E-state index contributed by atoms with van der Waals surface area (Å²) in [5, 5.41) is 0. The van der Waals surface area contributed by atoms with E-state index in [0.717, 1.165) is 23.1 Å². The first kappa shape index (κ1) is 20.3. The van der Waals surface area contributed by atoms with Gasteiger partial charge in [-0.2, -0.15) is 0 Å². The molecule has 0 radical (unpaired) electrons. The van der Waals surface area contributed by atoms with E-state index in [2.05, 4.69) is 5.48 Å². The second-order valence-electron chi connectivity index (χ2n) is 5.87. The Labute approximate surface area is 140 Å². The van der Waals surface area contributed by atoms with Crippen LogP contribution in [0.3, 0.4) is 0 Å². The molecule has 1 rings (SSSR count). The van der Waals surface area contributed by atoms with E-state index in [-0.39, 0.29) is 25.1 Å². The first-order valence-corrected chi connectivity index (χ1v) is 9.40. The number of amides is 1. The van der Waals surface area contributed by atoms with Crippen LogP contribution in [0.2, 0.25) is 0 Å². The fourth-order valence-corrected chi connectivity index (χ4v) is 2.78. The molecule has 136 valence electrons. The van der Waals surface area contributed by atoms with Crippen molar-refractivity contribution in [3.63, 3.8) is 0 Å². The molecule has 0 saturated carbocycles. The van der Waals surface area contributed by atoms with Gasteiger partial charge in [0.1, 0.15) is 5.82 Å². The molecule has 1 atom stereocenters. The number of hydrogen-bond acceptors (Lipinski definition) is 5. The maximum Gasteiger partial charge on any atom is 0.264 e. The van der Waals surface area contributed by atoms with Gasteiger partial charge in [0.05, 0.1) is 6.61 Å². The van der Waals surface area contributed by atoms with Crippen molar-refractivity contribution in [1.82, 2.24) is 10.0 Å². The lowest BCUT2D eigenvalue weighted by Crippen LogP contribution is -2.50. The summed E-state index contributed by atoms with van der Waals surface area (Å²) in [6, 6.07) is 1.12. The van der Waals surface area contributed by atoms with E-state index < -0.39 is 31.9 Å². The van der Waals surface area contributed by atoms with E-state index in [9.17, 15) is 22.4 Å². The number of rotatable bonds is 8. The third kappa shape index (κ3) is 4.64. The third-order valence-corrected chi connectivity index (χ3v) is 5.89. The molecule has 0 aliphatic rings. The van der Waals surface area contributed by atoms with Crippen molar-refractivity contribution in [1.29, 1.82) is 0 Å². The van der Waals surface area contributed by atoms with E-state index in [0.29, 0.717) is 6.42 Å². The summed E-state index contributed by atoms with van der Waals surface area (Å²) in [6.07, 6.45) is 2.39. The van der Waals surface area contributed by atoms with Gasteiger partial charge in [-0.25, -0.2) is 18.3 Å². The lowest BCUT2D eigenvalue weighted by atomic mass is 10.1. The Kier molecular flexibility index (Phi) is 6.67.